The van der Waals surface area contributed by atoms with E-state index in [1.54, 1.807) is 0 Å². The Balaban J connectivity index is 1.09. The second-order valence-electron chi connectivity index (χ2n) is 15.8. The number of benzene rings is 11. The van der Waals surface area contributed by atoms with Crippen molar-refractivity contribution in [2.45, 2.75) is 6.92 Å². The maximum atomic E-state index is 4.73. The average molecular weight is 764 g/mol. The predicted octanol–water partition coefficient (Wildman–Crippen LogP) is 16.6. The quantitative estimate of drug-likeness (QED) is 0.146. The van der Waals surface area contributed by atoms with E-state index in [4.69, 9.17) is 6.58 Å². The molecule has 0 amide bonds. The van der Waals surface area contributed by atoms with Gasteiger partial charge in [0.05, 0.1) is 0 Å². The molecule has 0 saturated heterocycles. The molecule has 0 aliphatic carbocycles. The molecule has 0 aliphatic rings. The van der Waals surface area contributed by atoms with Crippen LogP contribution in [0.15, 0.2) is 225 Å². The number of hydrogen-bond donors (Lipinski definition) is 0. The fraction of sp³-hybridized carbons (Fsp3) is 0.0169. The predicted molar refractivity (Wildman–Crippen MR) is 259 cm³/mol. The van der Waals surface area contributed by atoms with Gasteiger partial charge in [0.15, 0.2) is 0 Å². The van der Waals surface area contributed by atoms with Gasteiger partial charge in [-0.2, -0.15) is 0 Å². The first-order valence-electron chi connectivity index (χ1n) is 20.7. The highest BCUT2D eigenvalue weighted by Crippen LogP contribution is 2.48. The minimum absolute atomic E-state index is 0.925. The molecule has 0 aliphatic heterocycles. The molecule has 0 saturated carbocycles. The first kappa shape index (κ1) is 35.4. The van der Waals surface area contributed by atoms with Crippen LogP contribution < -0.4 is 4.90 Å². The van der Waals surface area contributed by atoms with Crippen LogP contribution in [0.1, 0.15) is 11.1 Å². The Morgan fingerprint density at radius 2 is 0.867 bits per heavy atom. The van der Waals surface area contributed by atoms with E-state index in [9.17, 15) is 0 Å². The van der Waals surface area contributed by atoms with E-state index in [1.807, 2.05) is 0 Å². The average Bonchev–Trinajstić information content (AvgIpc) is 3.31. The third kappa shape index (κ3) is 5.94. The standard InChI is InChI=1S/C59H41N/c1-39-15-3-12-28-57(39)60(48-35-33-42-16-4-5-19-46(42)37-48)40(2)41-29-31-43(32-30-41)47-34-36-55-56(38-47)59(52-27-14-21-45-18-7-9-23-50(45)52)54-25-11-10-24-53(54)58(55)51-26-13-20-44-17-6-8-22-49(44)51/h3-38H,2H2,1H3. The lowest BCUT2D eigenvalue weighted by atomic mass is 9.83. The van der Waals surface area contributed by atoms with Crippen LogP contribution in [0.3, 0.4) is 0 Å². The Labute approximate surface area is 350 Å². The number of para-hydroxylation sites is 1. The van der Waals surface area contributed by atoms with Gasteiger partial charge in [-0.05, 0) is 130 Å². The lowest BCUT2D eigenvalue weighted by molar-refractivity contribution is 1.27. The van der Waals surface area contributed by atoms with Crippen LogP contribution in [0.25, 0.3) is 92.9 Å². The second-order valence-corrected chi connectivity index (χ2v) is 15.8. The number of rotatable bonds is 7. The zero-order chi connectivity index (χ0) is 40.2. The molecule has 0 fully saturated rings. The van der Waals surface area contributed by atoms with E-state index >= 15 is 0 Å². The van der Waals surface area contributed by atoms with Crippen molar-refractivity contribution < 1.29 is 0 Å². The van der Waals surface area contributed by atoms with Crippen LogP contribution in [0.5, 0.6) is 0 Å². The van der Waals surface area contributed by atoms with Crippen molar-refractivity contribution in [2.24, 2.45) is 0 Å². The number of aryl methyl sites for hydroxylation is 1. The van der Waals surface area contributed by atoms with Gasteiger partial charge in [-0.1, -0.05) is 201 Å². The molecule has 282 valence electrons. The van der Waals surface area contributed by atoms with Crippen molar-refractivity contribution in [1.82, 2.24) is 0 Å². The Morgan fingerprint density at radius 1 is 0.367 bits per heavy atom. The van der Waals surface area contributed by atoms with Gasteiger partial charge in [-0.15, -0.1) is 0 Å². The summed E-state index contributed by atoms with van der Waals surface area (Å²) in [5, 5.41) is 12.4. The molecule has 11 aromatic rings. The minimum atomic E-state index is 0.925. The summed E-state index contributed by atoms with van der Waals surface area (Å²) >= 11 is 0. The maximum Gasteiger partial charge on any atom is 0.0490 e. The largest absolute Gasteiger partial charge is 0.310 e. The molecule has 1 nitrogen and oxygen atoms in total. The Hall–Kier alpha value is -7.74. The number of fused-ring (bicyclic) bond motifs is 5. The summed E-state index contributed by atoms with van der Waals surface area (Å²) in [5.41, 5.74) is 12.7. The molecule has 0 aromatic heterocycles. The molecule has 0 spiro atoms. The summed E-state index contributed by atoms with van der Waals surface area (Å²) in [6.07, 6.45) is 0. The molecule has 11 aromatic carbocycles. The van der Waals surface area contributed by atoms with E-state index in [-0.39, 0.29) is 0 Å². The van der Waals surface area contributed by atoms with Crippen molar-refractivity contribution in [2.75, 3.05) is 4.90 Å². The third-order valence-corrected chi connectivity index (χ3v) is 12.3. The zero-order valence-electron chi connectivity index (χ0n) is 33.4. The highest BCUT2D eigenvalue weighted by molar-refractivity contribution is 6.25. The third-order valence-electron chi connectivity index (χ3n) is 12.3. The van der Waals surface area contributed by atoms with Crippen molar-refractivity contribution >= 4 is 70.9 Å². The number of nitrogens with zero attached hydrogens (tertiary/aromatic N) is 1. The molecule has 0 N–H and O–H groups in total. The normalized spacial score (nSPS) is 11.5. The highest BCUT2D eigenvalue weighted by atomic mass is 15.1. The van der Waals surface area contributed by atoms with Gasteiger partial charge in [0, 0.05) is 17.1 Å². The Morgan fingerprint density at radius 3 is 1.52 bits per heavy atom. The molecular formula is C59H41N. The first-order valence-corrected chi connectivity index (χ1v) is 20.7. The lowest BCUT2D eigenvalue weighted by Gasteiger charge is -2.29. The molecule has 0 atom stereocenters. The summed E-state index contributed by atoms with van der Waals surface area (Å²) in [5.74, 6) is 0. The number of hydrogen-bond acceptors (Lipinski definition) is 1. The summed E-state index contributed by atoms with van der Waals surface area (Å²) in [4.78, 5) is 2.29. The molecule has 0 radical (unpaired) electrons. The van der Waals surface area contributed by atoms with Crippen LogP contribution in [-0.4, -0.2) is 0 Å². The SMILES string of the molecule is C=C(c1ccc(-c2ccc3c(-c4cccc5ccccc45)c4ccccc4c(-c4cccc5ccccc45)c3c2)cc1)N(c1ccc2ccccc2c1)c1ccccc1C. The van der Waals surface area contributed by atoms with Crippen LogP contribution in [0, 0.1) is 6.92 Å². The van der Waals surface area contributed by atoms with Crippen LogP contribution in [0.2, 0.25) is 0 Å². The first-order chi connectivity index (χ1) is 29.6. The van der Waals surface area contributed by atoms with Crippen molar-refractivity contribution in [3.8, 4) is 33.4 Å². The van der Waals surface area contributed by atoms with E-state index < -0.39 is 0 Å². The molecule has 0 unspecified atom stereocenters. The highest BCUT2D eigenvalue weighted by Gasteiger charge is 2.21. The Kier molecular flexibility index (Phi) is 8.60. The molecule has 1 heteroatoms. The van der Waals surface area contributed by atoms with Gasteiger partial charge in [0.2, 0.25) is 0 Å². The van der Waals surface area contributed by atoms with Gasteiger partial charge in [-0.3, -0.25) is 0 Å². The molecule has 60 heavy (non-hydrogen) atoms. The summed E-state index contributed by atoms with van der Waals surface area (Å²) in [7, 11) is 0. The van der Waals surface area contributed by atoms with Gasteiger partial charge in [0.25, 0.3) is 0 Å². The van der Waals surface area contributed by atoms with Crippen molar-refractivity contribution in [3.63, 3.8) is 0 Å². The van der Waals surface area contributed by atoms with E-state index in [2.05, 4.69) is 230 Å². The summed E-state index contributed by atoms with van der Waals surface area (Å²) in [6, 6.07) is 79.7. The smallest absolute Gasteiger partial charge is 0.0490 e. The molecule has 11 rings (SSSR count). The monoisotopic (exact) mass is 763 g/mol. The van der Waals surface area contributed by atoms with E-state index in [0.717, 1.165) is 28.2 Å². The van der Waals surface area contributed by atoms with Gasteiger partial charge < -0.3 is 4.90 Å². The topological polar surface area (TPSA) is 3.24 Å². The summed E-state index contributed by atoms with van der Waals surface area (Å²) in [6.45, 7) is 6.90. The number of anilines is 2. The second kappa shape index (κ2) is 14.6. The van der Waals surface area contributed by atoms with Crippen molar-refractivity contribution in [3.05, 3.63) is 236 Å². The lowest BCUT2D eigenvalue weighted by Crippen LogP contribution is -2.15. The van der Waals surface area contributed by atoms with E-state index in [0.29, 0.717) is 0 Å². The van der Waals surface area contributed by atoms with Crippen LogP contribution in [0.4, 0.5) is 11.4 Å². The van der Waals surface area contributed by atoms with Crippen LogP contribution in [-0.2, 0) is 0 Å². The van der Waals surface area contributed by atoms with Gasteiger partial charge in [0.1, 0.15) is 0 Å². The molecule has 0 bridgehead atoms. The van der Waals surface area contributed by atoms with E-state index in [1.165, 1.54) is 87.2 Å². The Bertz CT molecular complexity index is 3450. The molecular weight excluding hydrogens is 723 g/mol. The molecule has 0 heterocycles. The van der Waals surface area contributed by atoms with Gasteiger partial charge in [-0.25, -0.2) is 0 Å². The zero-order valence-corrected chi connectivity index (χ0v) is 33.4. The van der Waals surface area contributed by atoms with Crippen molar-refractivity contribution in [1.29, 1.82) is 0 Å². The minimum Gasteiger partial charge on any atom is -0.310 e. The van der Waals surface area contributed by atoms with Crippen LogP contribution >= 0.6 is 0 Å². The van der Waals surface area contributed by atoms with Gasteiger partial charge >= 0.3 is 0 Å². The summed E-state index contributed by atoms with van der Waals surface area (Å²) < 4.78 is 0. The fourth-order valence-corrected chi connectivity index (χ4v) is 9.38. The maximum absolute atomic E-state index is 4.73. The fourth-order valence-electron chi connectivity index (χ4n) is 9.38.